The second kappa shape index (κ2) is 5.84. The molecule has 0 bridgehead atoms. The number of hydrogen-bond acceptors (Lipinski definition) is 5. The van der Waals surface area contributed by atoms with Crippen LogP contribution in [0.15, 0.2) is 18.7 Å². The third kappa shape index (κ3) is 2.49. The van der Waals surface area contributed by atoms with E-state index in [0.717, 1.165) is 30.3 Å². The second-order valence-electron chi connectivity index (χ2n) is 7.02. The number of nitrogens with zero attached hydrogens (tertiary/aromatic N) is 5. The van der Waals surface area contributed by atoms with Crippen LogP contribution in [0.25, 0.3) is 10.2 Å². The van der Waals surface area contributed by atoms with E-state index in [1.54, 1.807) is 17.7 Å². The minimum absolute atomic E-state index is 0.467. The van der Waals surface area contributed by atoms with Crippen LogP contribution in [0, 0.1) is 19.8 Å². The fourth-order valence-corrected chi connectivity index (χ4v) is 4.51. The molecular weight excluding hydrogens is 318 g/mol. The number of imidazole rings is 1. The number of fused-ring (bicyclic) bond motifs is 1. The molecule has 3 aromatic heterocycles. The zero-order chi connectivity index (χ0) is 16.8. The molecule has 0 atom stereocenters. The van der Waals surface area contributed by atoms with Crippen molar-refractivity contribution in [2.24, 2.45) is 5.92 Å². The van der Waals surface area contributed by atoms with Crippen molar-refractivity contribution in [1.82, 2.24) is 19.5 Å². The summed E-state index contributed by atoms with van der Waals surface area (Å²) >= 11 is 1.76. The second-order valence-corrected chi connectivity index (χ2v) is 8.23. The molecule has 126 valence electrons. The van der Waals surface area contributed by atoms with Crippen LogP contribution in [0.1, 0.15) is 36.0 Å². The molecule has 0 aromatic carbocycles. The van der Waals surface area contributed by atoms with Crippen LogP contribution in [-0.4, -0.2) is 32.6 Å². The van der Waals surface area contributed by atoms with Crippen LogP contribution in [0.3, 0.4) is 0 Å². The maximum Gasteiger partial charge on any atom is 0.141 e. The number of rotatable bonds is 4. The molecule has 6 heteroatoms. The molecule has 0 aliphatic carbocycles. The van der Waals surface area contributed by atoms with Gasteiger partial charge in [-0.2, -0.15) is 0 Å². The Morgan fingerprint density at radius 1 is 1.21 bits per heavy atom. The van der Waals surface area contributed by atoms with Crippen LogP contribution in [0.2, 0.25) is 0 Å². The lowest BCUT2D eigenvalue weighted by Crippen LogP contribution is -2.49. The maximum atomic E-state index is 4.58. The predicted molar refractivity (Wildman–Crippen MR) is 98.9 cm³/mol. The van der Waals surface area contributed by atoms with Gasteiger partial charge in [0.25, 0.3) is 0 Å². The Kier molecular flexibility index (Phi) is 3.79. The van der Waals surface area contributed by atoms with Gasteiger partial charge in [-0.25, -0.2) is 15.0 Å². The molecule has 4 heterocycles. The van der Waals surface area contributed by atoms with Crippen LogP contribution in [0.4, 0.5) is 5.82 Å². The van der Waals surface area contributed by atoms with Crippen molar-refractivity contribution < 1.29 is 0 Å². The van der Waals surface area contributed by atoms with Gasteiger partial charge in [0.2, 0.25) is 0 Å². The molecular formula is C18H23N5S. The molecule has 0 N–H and O–H groups in total. The van der Waals surface area contributed by atoms with Crippen molar-refractivity contribution in [3.63, 3.8) is 0 Å². The highest BCUT2D eigenvalue weighted by Gasteiger charge is 2.30. The molecule has 4 rings (SSSR count). The Hall–Kier alpha value is -1.95. The number of anilines is 1. The van der Waals surface area contributed by atoms with E-state index >= 15 is 0 Å². The SMILES string of the molecule is Cc1sc2ncnc(N3CC(Cn4ccnc4C(C)C)C3)c2c1C. The van der Waals surface area contributed by atoms with Gasteiger partial charge in [0.05, 0.1) is 5.39 Å². The Morgan fingerprint density at radius 3 is 2.75 bits per heavy atom. The van der Waals surface area contributed by atoms with Gasteiger partial charge in [-0.15, -0.1) is 11.3 Å². The highest BCUT2D eigenvalue weighted by atomic mass is 32.1. The summed E-state index contributed by atoms with van der Waals surface area (Å²) in [7, 11) is 0. The van der Waals surface area contributed by atoms with Gasteiger partial charge in [0.1, 0.15) is 22.8 Å². The first-order chi connectivity index (χ1) is 11.5. The smallest absolute Gasteiger partial charge is 0.141 e. The Morgan fingerprint density at radius 2 is 2.00 bits per heavy atom. The molecule has 1 fully saturated rings. The Labute approximate surface area is 146 Å². The van der Waals surface area contributed by atoms with Gasteiger partial charge >= 0.3 is 0 Å². The van der Waals surface area contributed by atoms with Crippen molar-refractivity contribution in [2.45, 2.75) is 40.2 Å². The van der Waals surface area contributed by atoms with Crippen LogP contribution in [-0.2, 0) is 6.54 Å². The van der Waals surface area contributed by atoms with Crippen molar-refractivity contribution in [3.8, 4) is 0 Å². The van der Waals surface area contributed by atoms with Crippen molar-refractivity contribution >= 4 is 27.4 Å². The molecule has 0 radical (unpaired) electrons. The molecule has 3 aromatic rings. The first kappa shape index (κ1) is 15.6. The number of hydrogen-bond donors (Lipinski definition) is 0. The maximum absolute atomic E-state index is 4.58. The Bertz CT molecular complexity index is 873. The largest absolute Gasteiger partial charge is 0.355 e. The minimum Gasteiger partial charge on any atom is -0.355 e. The highest BCUT2D eigenvalue weighted by Crippen LogP contribution is 2.36. The number of aromatic nitrogens is 4. The molecule has 1 aliphatic rings. The van der Waals surface area contributed by atoms with E-state index < -0.39 is 0 Å². The van der Waals surface area contributed by atoms with E-state index in [9.17, 15) is 0 Å². The number of thiophene rings is 1. The van der Waals surface area contributed by atoms with Gasteiger partial charge in [-0.3, -0.25) is 0 Å². The van der Waals surface area contributed by atoms with Gasteiger partial charge < -0.3 is 9.47 Å². The third-order valence-corrected chi connectivity index (χ3v) is 6.04. The molecule has 24 heavy (non-hydrogen) atoms. The van der Waals surface area contributed by atoms with Crippen molar-refractivity contribution in [1.29, 1.82) is 0 Å². The van der Waals surface area contributed by atoms with Gasteiger partial charge in [-0.05, 0) is 19.4 Å². The quantitative estimate of drug-likeness (QED) is 0.725. The summed E-state index contributed by atoms with van der Waals surface area (Å²) in [6.07, 6.45) is 5.72. The summed E-state index contributed by atoms with van der Waals surface area (Å²) < 4.78 is 2.31. The van der Waals surface area contributed by atoms with E-state index in [1.165, 1.54) is 21.7 Å². The molecule has 0 unspecified atom stereocenters. The topological polar surface area (TPSA) is 46.8 Å². The zero-order valence-corrected chi connectivity index (χ0v) is 15.5. The van der Waals surface area contributed by atoms with Crippen LogP contribution in [0.5, 0.6) is 0 Å². The van der Waals surface area contributed by atoms with E-state index in [1.807, 2.05) is 6.20 Å². The first-order valence-electron chi connectivity index (χ1n) is 8.51. The summed E-state index contributed by atoms with van der Waals surface area (Å²) in [5.74, 6) is 3.41. The summed E-state index contributed by atoms with van der Waals surface area (Å²) in [6.45, 7) is 11.9. The van der Waals surface area contributed by atoms with Gasteiger partial charge in [-0.1, -0.05) is 13.8 Å². The number of aryl methyl sites for hydroxylation is 2. The van der Waals surface area contributed by atoms with Gasteiger partial charge in [0, 0.05) is 48.7 Å². The first-order valence-corrected chi connectivity index (χ1v) is 9.33. The van der Waals surface area contributed by atoms with E-state index in [-0.39, 0.29) is 0 Å². The van der Waals surface area contributed by atoms with Gasteiger partial charge in [0.15, 0.2) is 0 Å². The summed E-state index contributed by atoms with van der Waals surface area (Å²) in [5, 5.41) is 1.24. The fraction of sp³-hybridized carbons (Fsp3) is 0.500. The molecule has 1 aliphatic heterocycles. The zero-order valence-electron chi connectivity index (χ0n) is 14.7. The lowest BCUT2D eigenvalue weighted by molar-refractivity contribution is 0.349. The van der Waals surface area contributed by atoms with E-state index in [0.29, 0.717) is 11.8 Å². The summed E-state index contributed by atoms with van der Waals surface area (Å²) in [5.41, 5.74) is 1.32. The molecule has 5 nitrogen and oxygen atoms in total. The molecule has 0 amide bonds. The molecule has 0 spiro atoms. The lowest BCUT2D eigenvalue weighted by Gasteiger charge is -2.41. The molecule has 1 saturated heterocycles. The van der Waals surface area contributed by atoms with Crippen LogP contribution >= 0.6 is 11.3 Å². The minimum atomic E-state index is 0.467. The molecule has 0 saturated carbocycles. The van der Waals surface area contributed by atoms with Crippen molar-refractivity contribution in [3.05, 3.63) is 35.0 Å². The van der Waals surface area contributed by atoms with E-state index in [4.69, 9.17) is 0 Å². The standard InChI is InChI=1S/C18H23N5S/c1-11(2)16-19-5-6-22(16)7-14-8-23(9-14)17-15-12(3)13(4)24-18(15)21-10-20-17/h5-6,10-11,14H,7-9H2,1-4H3. The normalized spacial score (nSPS) is 15.5. The average Bonchev–Trinajstić information content (AvgIpc) is 3.08. The van der Waals surface area contributed by atoms with Crippen molar-refractivity contribution in [2.75, 3.05) is 18.0 Å². The average molecular weight is 341 g/mol. The summed E-state index contributed by atoms with van der Waals surface area (Å²) in [6, 6.07) is 0. The predicted octanol–water partition coefficient (Wildman–Crippen LogP) is 3.76. The van der Waals surface area contributed by atoms with Crippen LogP contribution < -0.4 is 4.90 Å². The lowest BCUT2D eigenvalue weighted by atomic mass is 9.99. The summed E-state index contributed by atoms with van der Waals surface area (Å²) in [4.78, 5) is 18.3. The third-order valence-electron chi connectivity index (χ3n) is 4.92. The highest BCUT2D eigenvalue weighted by molar-refractivity contribution is 7.18. The fourth-order valence-electron chi connectivity index (χ4n) is 3.52. The monoisotopic (exact) mass is 341 g/mol. The Balaban J connectivity index is 1.51. The van der Waals surface area contributed by atoms with E-state index in [2.05, 4.69) is 58.3 Å².